The molecule has 1 aromatic heterocycles. The molecule has 1 aromatic carbocycles. The molecule has 0 fully saturated rings. The number of carbonyl (C=O) groups excluding carboxylic acids is 1. The van der Waals surface area contributed by atoms with E-state index in [2.05, 4.69) is 27.4 Å². The molecule has 2 aromatic rings. The van der Waals surface area contributed by atoms with E-state index in [0.717, 1.165) is 16.8 Å². The Morgan fingerprint density at radius 2 is 2.33 bits per heavy atom. The molecule has 5 nitrogen and oxygen atoms in total. The summed E-state index contributed by atoms with van der Waals surface area (Å²) in [6, 6.07) is 7.42. The van der Waals surface area contributed by atoms with Crippen molar-refractivity contribution in [1.29, 1.82) is 0 Å². The highest BCUT2D eigenvalue weighted by molar-refractivity contribution is 5.95. The number of rotatable bonds is 3. The van der Waals surface area contributed by atoms with Crippen LogP contribution < -0.4 is 5.32 Å². The maximum Gasteiger partial charge on any atom is 0.255 e. The molecule has 3 N–H and O–H groups in total. The number of aromatic amines is 1. The summed E-state index contributed by atoms with van der Waals surface area (Å²) in [4.78, 5) is 12.1. The van der Waals surface area contributed by atoms with Gasteiger partial charge in [-0.25, -0.2) is 0 Å². The predicted molar refractivity (Wildman–Crippen MR) is 79.6 cm³/mol. The van der Waals surface area contributed by atoms with E-state index in [1.807, 2.05) is 31.2 Å². The minimum Gasteiger partial charge on any atom is -0.384 e. The minimum absolute atomic E-state index is 0.150. The number of amides is 1. The van der Waals surface area contributed by atoms with Gasteiger partial charge in [0.1, 0.15) is 6.61 Å². The number of aliphatic hydroxyl groups is 1. The van der Waals surface area contributed by atoms with Crippen LogP contribution in [0.25, 0.3) is 0 Å². The van der Waals surface area contributed by atoms with Gasteiger partial charge in [-0.15, -0.1) is 0 Å². The first kappa shape index (κ1) is 14.8. The second kappa shape index (κ2) is 6.73. The zero-order valence-electron chi connectivity index (χ0n) is 12.0. The van der Waals surface area contributed by atoms with Gasteiger partial charge in [0.25, 0.3) is 5.91 Å². The van der Waals surface area contributed by atoms with Crippen molar-refractivity contribution in [3.8, 4) is 11.8 Å². The largest absolute Gasteiger partial charge is 0.384 e. The third-order valence-electron chi connectivity index (χ3n) is 3.12. The molecule has 0 aliphatic rings. The highest BCUT2D eigenvalue weighted by atomic mass is 16.2. The van der Waals surface area contributed by atoms with E-state index in [4.69, 9.17) is 5.11 Å². The Hall–Kier alpha value is -2.58. The number of aryl methyl sites for hydroxylation is 1. The van der Waals surface area contributed by atoms with Crippen LogP contribution in [0.15, 0.2) is 30.5 Å². The van der Waals surface area contributed by atoms with E-state index in [9.17, 15) is 4.79 Å². The molecule has 0 spiro atoms. The van der Waals surface area contributed by atoms with Gasteiger partial charge in [-0.2, -0.15) is 5.10 Å². The first-order valence-electron chi connectivity index (χ1n) is 6.62. The molecule has 108 valence electrons. The molecule has 1 amide bonds. The lowest BCUT2D eigenvalue weighted by Crippen LogP contribution is -2.26. The maximum atomic E-state index is 12.1. The van der Waals surface area contributed by atoms with Crippen molar-refractivity contribution in [2.24, 2.45) is 0 Å². The van der Waals surface area contributed by atoms with E-state index in [0.29, 0.717) is 5.56 Å². The number of nitrogens with zero attached hydrogens (tertiary/aromatic N) is 1. The van der Waals surface area contributed by atoms with Gasteiger partial charge < -0.3 is 10.4 Å². The Bertz CT molecular complexity index is 695. The summed E-state index contributed by atoms with van der Waals surface area (Å²) in [7, 11) is 0. The normalized spacial score (nSPS) is 11.4. The molecule has 1 atom stereocenters. The number of nitrogens with one attached hydrogen (secondary N) is 2. The van der Waals surface area contributed by atoms with Crippen LogP contribution in [-0.2, 0) is 0 Å². The summed E-state index contributed by atoms with van der Waals surface area (Å²) in [5, 5.41) is 18.2. The van der Waals surface area contributed by atoms with Crippen LogP contribution in [0.4, 0.5) is 0 Å². The number of benzene rings is 1. The Balaban J connectivity index is 2.11. The Kier molecular flexibility index (Phi) is 4.75. The summed E-state index contributed by atoms with van der Waals surface area (Å²) in [6.45, 7) is 3.54. The first-order valence-corrected chi connectivity index (χ1v) is 6.62. The molecular formula is C16H17N3O2. The number of aliphatic hydroxyl groups excluding tert-OH is 1. The fourth-order valence-corrected chi connectivity index (χ4v) is 1.96. The highest BCUT2D eigenvalue weighted by Gasteiger charge is 2.14. The van der Waals surface area contributed by atoms with Crippen LogP contribution in [0.3, 0.4) is 0 Å². The lowest BCUT2D eigenvalue weighted by atomic mass is 10.0. The average Bonchev–Trinajstić information content (AvgIpc) is 2.91. The second-order valence-corrected chi connectivity index (χ2v) is 4.69. The molecule has 0 bridgehead atoms. The summed E-state index contributed by atoms with van der Waals surface area (Å²) >= 11 is 0. The van der Waals surface area contributed by atoms with Gasteiger partial charge in [-0.1, -0.05) is 24.0 Å². The van der Waals surface area contributed by atoms with Crippen molar-refractivity contribution in [3.05, 3.63) is 52.8 Å². The molecule has 1 unspecified atom stereocenters. The van der Waals surface area contributed by atoms with E-state index >= 15 is 0 Å². The predicted octanol–water partition coefficient (Wildman–Crippen LogP) is 1.55. The molecule has 0 aliphatic heterocycles. The monoisotopic (exact) mass is 283 g/mol. The van der Waals surface area contributed by atoms with E-state index in [1.54, 1.807) is 6.92 Å². The fourth-order valence-electron chi connectivity index (χ4n) is 1.96. The van der Waals surface area contributed by atoms with Gasteiger partial charge in [0.2, 0.25) is 0 Å². The average molecular weight is 283 g/mol. The molecule has 0 saturated carbocycles. The topological polar surface area (TPSA) is 78.0 Å². The fraction of sp³-hybridized carbons (Fsp3) is 0.250. The molecule has 0 radical (unpaired) electrons. The van der Waals surface area contributed by atoms with Crippen molar-refractivity contribution in [2.75, 3.05) is 6.61 Å². The van der Waals surface area contributed by atoms with Crippen molar-refractivity contribution >= 4 is 5.91 Å². The quantitative estimate of drug-likeness (QED) is 0.748. The van der Waals surface area contributed by atoms with E-state index < -0.39 is 0 Å². The first-order chi connectivity index (χ1) is 10.1. The number of hydrogen-bond donors (Lipinski definition) is 3. The van der Waals surface area contributed by atoms with Gasteiger partial charge >= 0.3 is 0 Å². The number of aromatic nitrogens is 2. The Labute approximate surface area is 123 Å². The van der Waals surface area contributed by atoms with Crippen molar-refractivity contribution in [3.63, 3.8) is 0 Å². The van der Waals surface area contributed by atoms with Crippen LogP contribution >= 0.6 is 0 Å². The van der Waals surface area contributed by atoms with Crippen LogP contribution in [0.2, 0.25) is 0 Å². The molecule has 0 aliphatic carbocycles. The smallest absolute Gasteiger partial charge is 0.255 e. The van der Waals surface area contributed by atoms with Crippen molar-refractivity contribution < 1.29 is 9.90 Å². The summed E-state index contributed by atoms with van der Waals surface area (Å²) in [6.07, 6.45) is 1.51. The number of hydrogen-bond acceptors (Lipinski definition) is 3. The van der Waals surface area contributed by atoms with E-state index in [1.165, 1.54) is 6.20 Å². The summed E-state index contributed by atoms with van der Waals surface area (Å²) in [5.41, 5.74) is 3.04. The second-order valence-electron chi connectivity index (χ2n) is 4.69. The third-order valence-corrected chi connectivity index (χ3v) is 3.12. The molecule has 2 rings (SSSR count). The molecular weight excluding hydrogens is 266 g/mol. The number of carbonyl (C=O) groups is 1. The van der Waals surface area contributed by atoms with Gasteiger partial charge in [0.05, 0.1) is 17.8 Å². The lowest BCUT2D eigenvalue weighted by molar-refractivity contribution is 0.0939. The molecule has 0 saturated heterocycles. The lowest BCUT2D eigenvalue weighted by Gasteiger charge is -2.14. The Morgan fingerprint density at radius 1 is 1.52 bits per heavy atom. The summed E-state index contributed by atoms with van der Waals surface area (Å²) < 4.78 is 0. The zero-order valence-corrected chi connectivity index (χ0v) is 12.0. The van der Waals surface area contributed by atoms with Gasteiger partial charge in [-0.05, 0) is 31.5 Å². The maximum absolute atomic E-state index is 12.1. The van der Waals surface area contributed by atoms with Crippen molar-refractivity contribution in [1.82, 2.24) is 15.5 Å². The highest BCUT2D eigenvalue weighted by Crippen LogP contribution is 2.15. The van der Waals surface area contributed by atoms with E-state index in [-0.39, 0.29) is 18.6 Å². The zero-order chi connectivity index (χ0) is 15.2. The number of H-pyrrole nitrogens is 1. The Morgan fingerprint density at radius 3 is 3.00 bits per heavy atom. The molecule has 5 heteroatoms. The van der Waals surface area contributed by atoms with Gasteiger partial charge in [0.15, 0.2) is 0 Å². The standard InChI is InChI=1S/C16H17N3O2/c1-11(18-16(21)15-10-17-19-12(15)2)14-7-3-5-13(9-14)6-4-8-20/h3,5,7,9-11,20H,8H2,1-2H3,(H,17,19)(H,18,21). The van der Waals surface area contributed by atoms with Crippen LogP contribution in [-0.4, -0.2) is 27.8 Å². The SMILES string of the molecule is Cc1[nH]ncc1C(=O)NC(C)c1cccc(C#CCO)c1. The third kappa shape index (κ3) is 3.71. The van der Waals surface area contributed by atoms with Gasteiger partial charge in [0, 0.05) is 11.3 Å². The minimum atomic E-state index is -0.170. The molecule has 1 heterocycles. The van der Waals surface area contributed by atoms with Crippen LogP contribution in [0, 0.1) is 18.8 Å². The van der Waals surface area contributed by atoms with Gasteiger partial charge in [-0.3, -0.25) is 9.89 Å². The van der Waals surface area contributed by atoms with Crippen molar-refractivity contribution in [2.45, 2.75) is 19.9 Å². The van der Waals surface area contributed by atoms with Crippen LogP contribution in [0.5, 0.6) is 0 Å². The summed E-state index contributed by atoms with van der Waals surface area (Å²) in [5.74, 6) is 5.29. The van der Waals surface area contributed by atoms with Crippen LogP contribution in [0.1, 0.15) is 40.1 Å². The molecule has 21 heavy (non-hydrogen) atoms.